The highest BCUT2D eigenvalue weighted by molar-refractivity contribution is 8.00. The lowest BCUT2D eigenvalue weighted by Gasteiger charge is -2.16. The number of amides is 6. The van der Waals surface area contributed by atoms with Crippen molar-refractivity contribution >= 4 is 41.4 Å². The fraction of sp³-hybridized carbons (Fsp3) is 0.875. The largest absolute Gasteiger partial charge is 0.377 e. The lowest BCUT2D eigenvalue weighted by molar-refractivity contribution is -0.127. The zero-order valence-corrected chi connectivity index (χ0v) is 38.2. The molecule has 0 bridgehead atoms. The van der Waals surface area contributed by atoms with E-state index in [4.69, 9.17) is 57.8 Å². The minimum absolute atomic E-state index is 0.0338. The van der Waals surface area contributed by atoms with Crippen molar-refractivity contribution in [3.05, 3.63) is 0 Å². The van der Waals surface area contributed by atoms with Crippen LogP contribution in [0, 0.1) is 0 Å². The molecule has 0 radical (unpaired) electrons. The molecule has 2 aliphatic rings. The number of rotatable bonds is 46. The van der Waals surface area contributed by atoms with Gasteiger partial charge in [-0.1, -0.05) is 6.42 Å². The molecule has 0 spiro atoms. The number of carbonyl (C=O) groups is 5. The molecular formula is C40H75N7O16S. The van der Waals surface area contributed by atoms with Crippen LogP contribution in [-0.2, 0) is 71.3 Å². The van der Waals surface area contributed by atoms with Gasteiger partial charge in [-0.05, 0) is 12.8 Å². The van der Waals surface area contributed by atoms with Crippen molar-refractivity contribution in [2.45, 2.75) is 43.0 Å². The van der Waals surface area contributed by atoms with Crippen LogP contribution < -0.4 is 37.6 Å². The summed E-state index contributed by atoms with van der Waals surface area (Å²) in [4.78, 5) is 57.7. The first-order valence-corrected chi connectivity index (χ1v) is 23.2. The minimum atomic E-state index is -0.489. The maximum Gasteiger partial charge on any atom is 0.315 e. The number of thioether (sulfide) groups is 1. The topological polar surface area (TPSA) is 285 Å². The highest BCUT2D eigenvalue weighted by Gasteiger charge is 2.42. The Hall–Kier alpha value is -2.98. The van der Waals surface area contributed by atoms with E-state index in [-0.39, 0.29) is 56.1 Å². The molecule has 23 nitrogen and oxygen atoms in total. The number of nitrogens with two attached hydrogens (primary N) is 1. The summed E-state index contributed by atoms with van der Waals surface area (Å²) < 4.78 is 60.2. The van der Waals surface area contributed by atoms with Crippen LogP contribution in [-0.4, -0.2) is 231 Å². The van der Waals surface area contributed by atoms with Gasteiger partial charge in [-0.2, -0.15) is 11.8 Å². The number of hydrogen-bond donors (Lipinski definition) is 7. The molecule has 0 aromatic rings. The molecule has 372 valence electrons. The third-order valence-corrected chi connectivity index (χ3v) is 10.5. The zero-order valence-electron chi connectivity index (χ0n) is 37.4. The molecule has 0 aromatic carbocycles. The van der Waals surface area contributed by atoms with Gasteiger partial charge in [0, 0.05) is 30.5 Å². The fourth-order valence-electron chi connectivity index (χ4n) is 5.74. The number of hydrogen-bond acceptors (Lipinski definition) is 18. The second-order valence-electron chi connectivity index (χ2n) is 14.1. The van der Waals surface area contributed by atoms with Crippen LogP contribution in [0.5, 0.6) is 0 Å². The molecule has 0 aliphatic carbocycles. The van der Waals surface area contributed by atoms with Gasteiger partial charge in [0.15, 0.2) is 0 Å². The van der Waals surface area contributed by atoms with E-state index in [1.165, 1.54) is 0 Å². The molecule has 6 amide bonds. The maximum atomic E-state index is 12.1. The van der Waals surface area contributed by atoms with E-state index in [1.807, 2.05) is 11.8 Å². The summed E-state index contributed by atoms with van der Waals surface area (Å²) in [5.41, 5.74) is 5.13. The Labute approximate surface area is 381 Å². The summed E-state index contributed by atoms with van der Waals surface area (Å²) in [5, 5.41) is 16.6. The molecule has 2 aliphatic heterocycles. The molecule has 64 heavy (non-hydrogen) atoms. The average molecular weight is 942 g/mol. The summed E-state index contributed by atoms with van der Waals surface area (Å²) in [6.45, 7) is 9.77. The summed E-state index contributed by atoms with van der Waals surface area (Å²) in [6.07, 6.45) is 3.30. The van der Waals surface area contributed by atoms with Crippen molar-refractivity contribution in [2.75, 3.05) is 184 Å². The Bertz CT molecular complexity index is 1220. The molecule has 8 N–H and O–H groups in total. The number of ether oxygens (including phenoxy) is 11. The molecule has 2 rings (SSSR count). The molecule has 2 fully saturated rings. The molecule has 0 unspecified atom stereocenters. The number of unbranched alkanes of at least 4 members (excludes halogenated alkanes) is 1. The van der Waals surface area contributed by atoms with Crippen LogP contribution in [0.15, 0.2) is 0 Å². The van der Waals surface area contributed by atoms with Gasteiger partial charge in [0.05, 0.1) is 177 Å². The molecular weight excluding hydrogens is 867 g/mol. The number of carbonyl (C=O) groups excluding carboxylic acids is 5. The molecule has 2 saturated heterocycles. The summed E-state index contributed by atoms with van der Waals surface area (Å²) in [5.74, 6) is -0.331. The summed E-state index contributed by atoms with van der Waals surface area (Å²) in [7, 11) is 0. The van der Waals surface area contributed by atoms with E-state index in [9.17, 15) is 24.0 Å². The smallest absolute Gasteiger partial charge is 0.315 e. The number of fused-ring (bicyclic) bond motifs is 1. The number of urea groups is 1. The summed E-state index contributed by atoms with van der Waals surface area (Å²) >= 11 is 1.90. The van der Waals surface area contributed by atoms with Crippen LogP contribution in [0.2, 0.25) is 0 Å². The molecule has 0 saturated carbocycles. The second kappa shape index (κ2) is 41.5. The van der Waals surface area contributed by atoms with Crippen LogP contribution in [0.25, 0.3) is 0 Å². The SMILES string of the molecule is NCC(=O)NCC(=O)NCC(=O)NCCOCCOCCOCCOCCOCCOCCOCCOCCOCCOCCOCCNC(=O)CCCC[C@@H]1SC[C@@H]2NC(=O)N[C@@H]21. The second-order valence-corrected chi connectivity index (χ2v) is 15.3. The first-order valence-electron chi connectivity index (χ1n) is 22.2. The van der Waals surface area contributed by atoms with E-state index in [0.717, 1.165) is 25.0 Å². The first kappa shape index (κ1) is 57.1. The fourth-order valence-corrected chi connectivity index (χ4v) is 7.29. The normalized spacial score (nSPS) is 16.6. The van der Waals surface area contributed by atoms with E-state index in [0.29, 0.717) is 164 Å². The van der Waals surface area contributed by atoms with Crippen molar-refractivity contribution in [1.29, 1.82) is 0 Å². The lowest BCUT2D eigenvalue weighted by atomic mass is 10.0. The predicted octanol–water partition coefficient (Wildman–Crippen LogP) is -2.68. The standard InChI is InChI=1S/C40H75N7O16S/c41-29-36(49)44-31-38(51)45-30-37(50)43-6-8-54-10-12-56-14-16-58-18-20-60-22-24-62-26-28-63-27-25-61-23-21-59-19-17-57-15-13-55-11-9-53-7-5-42-35(48)4-2-1-3-34-39-33(32-64-34)46-40(52)47-39/h33-34,39H,1-32,41H2,(H,42,48)(H,43,50)(H,44,49)(H,45,51)(H2,46,47,52)/t33-,34-,39-/m0/s1. The highest BCUT2D eigenvalue weighted by atomic mass is 32.2. The van der Waals surface area contributed by atoms with Crippen molar-refractivity contribution in [3.8, 4) is 0 Å². The third kappa shape index (κ3) is 33.5. The van der Waals surface area contributed by atoms with Gasteiger partial charge >= 0.3 is 6.03 Å². The lowest BCUT2D eigenvalue weighted by Crippen LogP contribution is -2.43. The van der Waals surface area contributed by atoms with Crippen molar-refractivity contribution in [2.24, 2.45) is 5.73 Å². The Morgan fingerprint density at radius 3 is 1.25 bits per heavy atom. The zero-order chi connectivity index (χ0) is 46.0. The van der Waals surface area contributed by atoms with Crippen LogP contribution >= 0.6 is 11.8 Å². The van der Waals surface area contributed by atoms with E-state index in [1.54, 1.807) is 0 Å². The third-order valence-electron chi connectivity index (χ3n) is 9.02. The van der Waals surface area contributed by atoms with Gasteiger partial charge in [-0.25, -0.2) is 4.79 Å². The molecule has 0 aromatic heterocycles. The van der Waals surface area contributed by atoms with Gasteiger partial charge in [0.2, 0.25) is 23.6 Å². The first-order chi connectivity index (χ1) is 31.4. The van der Waals surface area contributed by atoms with Crippen molar-refractivity contribution in [1.82, 2.24) is 31.9 Å². The van der Waals surface area contributed by atoms with Crippen LogP contribution in [0.4, 0.5) is 4.79 Å². The Kier molecular flexibility index (Phi) is 37.0. The van der Waals surface area contributed by atoms with Crippen molar-refractivity contribution in [3.63, 3.8) is 0 Å². The van der Waals surface area contributed by atoms with Crippen molar-refractivity contribution < 1.29 is 76.1 Å². The van der Waals surface area contributed by atoms with Crippen LogP contribution in [0.1, 0.15) is 25.7 Å². The van der Waals surface area contributed by atoms with Gasteiger partial charge in [0.25, 0.3) is 0 Å². The molecule has 2 heterocycles. The average Bonchev–Trinajstić information content (AvgIpc) is 3.85. The Morgan fingerprint density at radius 2 is 0.844 bits per heavy atom. The van der Waals surface area contributed by atoms with E-state index in [2.05, 4.69) is 31.9 Å². The van der Waals surface area contributed by atoms with E-state index < -0.39 is 11.8 Å². The van der Waals surface area contributed by atoms with E-state index >= 15 is 0 Å². The van der Waals surface area contributed by atoms with Gasteiger partial charge in [0.1, 0.15) is 0 Å². The van der Waals surface area contributed by atoms with Gasteiger partial charge in [-0.15, -0.1) is 0 Å². The number of nitrogens with one attached hydrogen (secondary N) is 6. The van der Waals surface area contributed by atoms with Gasteiger partial charge < -0.3 is 89.7 Å². The Morgan fingerprint density at radius 1 is 0.484 bits per heavy atom. The maximum absolute atomic E-state index is 12.1. The Balaban J connectivity index is 1.14. The highest BCUT2D eigenvalue weighted by Crippen LogP contribution is 2.33. The minimum Gasteiger partial charge on any atom is -0.377 e. The quantitative estimate of drug-likeness (QED) is 0.0242. The summed E-state index contributed by atoms with van der Waals surface area (Å²) in [6, 6.07) is 0.383. The van der Waals surface area contributed by atoms with Gasteiger partial charge in [-0.3, -0.25) is 19.2 Å². The predicted molar refractivity (Wildman–Crippen MR) is 234 cm³/mol. The molecule has 3 atom stereocenters. The molecule has 24 heteroatoms. The van der Waals surface area contributed by atoms with Crippen LogP contribution in [0.3, 0.4) is 0 Å². The monoisotopic (exact) mass is 941 g/mol.